The number of benzene rings is 1. The van der Waals surface area contributed by atoms with Gasteiger partial charge in [0.1, 0.15) is 5.75 Å². The van der Waals surface area contributed by atoms with E-state index in [0.29, 0.717) is 35.4 Å². The molecule has 0 spiro atoms. The van der Waals surface area contributed by atoms with Crippen LogP contribution in [0.1, 0.15) is 12.6 Å². The van der Waals surface area contributed by atoms with Crippen molar-refractivity contribution in [2.45, 2.75) is 19.6 Å². The average Bonchev–Trinajstić information content (AvgIpc) is 3.19. The quantitative estimate of drug-likeness (QED) is 0.619. The SMILES string of the molecule is C[C@@H](Oc1ccc(Cl)cc1)C(=O)N1CCN(Cc2cc(=O)n3ccsc3n2)CC1. The molecule has 152 valence electrons. The molecule has 0 unspecified atom stereocenters. The molecule has 0 bridgehead atoms. The van der Waals surface area contributed by atoms with Gasteiger partial charge in [0.2, 0.25) is 0 Å². The van der Waals surface area contributed by atoms with Gasteiger partial charge in [0.05, 0.1) is 5.69 Å². The summed E-state index contributed by atoms with van der Waals surface area (Å²) < 4.78 is 7.29. The number of carbonyl (C=O) groups excluding carboxylic acids is 1. The maximum Gasteiger partial charge on any atom is 0.263 e. The van der Waals surface area contributed by atoms with Crippen LogP contribution in [0.3, 0.4) is 0 Å². The standard InChI is InChI=1S/C20H21ClN4O3S/c1-14(28-17-4-2-15(21)3-5-17)19(27)24-8-6-23(7-9-24)13-16-12-18(26)25-10-11-29-20(25)22-16/h2-5,10-12,14H,6-9,13H2,1H3/t14-/m1/s1. The highest BCUT2D eigenvalue weighted by Gasteiger charge is 2.26. The van der Waals surface area contributed by atoms with Gasteiger partial charge in [-0.25, -0.2) is 4.98 Å². The van der Waals surface area contributed by atoms with Crippen LogP contribution in [0, 0.1) is 0 Å². The number of carbonyl (C=O) groups is 1. The molecule has 0 aliphatic carbocycles. The molecule has 7 nitrogen and oxygen atoms in total. The van der Waals surface area contributed by atoms with Gasteiger partial charge in [-0.1, -0.05) is 11.6 Å². The first kappa shape index (κ1) is 19.9. The van der Waals surface area contributed by atoms with Crippen molar-refractivity contribution in [3.63, 3.8) is 0 Å². The molecule has 1 aliphatic rings. The molecule has 4 rings (SSSR count). The predicted octanol–water partition coefficient (Wildman–Crippen LogP) is 2.52. The van der Waals surface area contributed by atoms with Crippen LogP contribution < -0.4 is 10.3 Å². The highest BCUT2D eigenvalue weighted by molar-refractivity contribution is 7.15. The molecule has 3 aromatic rings. The van der Waals surface area contributed by atoms with Crippen molar-refractivity contribution in [2.24, 2.45) is 0 Å². The summed E-state index contributed by atoms with van der Waals surface area (Å²) in [5.74, 6) is 0.589. The lowest BCUT2D eigenvalue weighted by molar-refractivity contribution is -0.139. The Hall–Kier alpha value is -2.42. The number of thiazole rings is 1. The van der Waals surface area contributed by atoms with Crippen molar-refractivity contribution in [2.75, 3.05) is 26.2 Å². The van der Waals surface area contributed by atoms with Crippen LogP contribution >= 0.6 is 22.9 Å². The van der Waals surface area contributed by atoms with Crippen LogP contribution in [-0.4, -0.2) is 57.4 Å². The number of fused-ring (bicyclic) bond motifs is 1. The molecule has 1 aliphatic heterocycles. The van der Waals surface area contributed by atoms with Crippen molar-refractivity contribution >= 4 is 33.8 Å². The number of ether oxygens (including phenoxy) is 1. The van der Waals surface area contributed by atoms with Gasteiger partial charge < -0.3 is 9.64 Å². The zero-order valence-electron chi connectivity index (χ0n) is 16.0. The van der Waals surface area contributed by atoms with E-state index in [2.05, 4.69) is 9.88 Å². The smallest absolute Gasteiger partial charge is 0.263 e. The van der Waals surface area contributed by atoms with Crippen LogP contribution in [-0.2, 0) is 11.3 Å². The lowest BCUT2D eigenvalue weighted by Gasteiger charge is -2.35. The van der Waals surface area contributed by atoms with Gasteiger partial charge in [-0.15, -0.1) is 11.3 Å². The maximum atomic E-state index is 12.7. The van der Waals surface area contributed by atoms with E-state index in [1.807, 2.05) is 10.3 Å². The fourth-order valence-electron chi connectivity index (χ4n) is 3.35. The first-order chi connectivity index (χ1) is 14.0. The normalized spacial score (nSPS) is 16.1. The molecule has 1 saturated heterocycles. The summed E-state index contributed by atoms with van der Waals surface area (Å²) in [5, 5.41) is 2.48. The Morgan fingerprint density at radius 1 is 1.24 bits per heavy atom. The van der Waals surface area contributed by atoms with Gasteiger partial charge in [0.25, 0.3) is 11.5 Å². The van der Waals surface area contributed by atoms with E-state index in [-0.39, 0.29) is 11.5 Å². The first-order valence-electron chi connectivity index (χ1n) is 9.39. The molecular formula is C20H21ClN4O3S. The number of rotatable bonds is 5. The minimum absolute atomic E-state index is 0.0315. The molecule has 1 atom stereocenters. The summed E-state index contributed by atoms with van der Waals surface area (Å²) in [6, 6.07) is 8.56. The zero-order chi connectivity index (χ0) is 20.4. The van der Waals surface area contributed by atoms with Crippen molar-refractivity contribution in [3.8, 4) is 5.75 Å². The Balaban J connectivity index is 1.31. The van der Waals surface area contributed by atoms with E-state index in [1.54, 1.807) is 47.9 Å². The third kappa shape index (κ3) is 4.60. The molecular weight excluding hydrogens is 412 g/mol. The zero-order valence-corrected chi connectivity index (χ0v) is 17.5. The number of piperazine rings is 1. The second-order valence-corrected chi connectivity index (χ2v) is 8.27. The lowest BCUT2D eigenvalue weighted by Crippen LogP contribution is -2.51. The minimum atomic E-state index is -0.564. The van der Waals surface area contributed by atoms with Crippen molar-refractivity contribution in [1.82, 2.24) is 19.2 Å². The molecule has 9 heteroatoms. The van der Waals surface area contributed by atoms with E-state index >= 15 is 0 Å². The Morgan fingerprint density at radius 2 is 1.97 bits per heavy atom. The highest BCUT2D eigenvalue weighted by atomic mass is 35.5. The molecule has 0 radical (unpaired) electrons. The van der Waals surface area contributed by atoms with Gasteiger partial charge in [0, 0.05) is 55.4 Å². The Morgan fingerprint density at radius 3 is 2.69 bits per heavy atom. The minimum Gasteiger partial charge on any atom is -0.481 e. The van der Waals surface area contributed by atoms with Gasteiger partial charge in [-0.3, -0.25) is 18.9 Å². The van der Waals surface area contributed by atoms with Crippen LogP contribution in [0.25, 0.3) is 4.96 Å². The molecule has 1 aromatic carbocycles. The topological polar surface area (TPSA) is 67.2 Å². The number of hydrogen-bond acceptors (Lipinski definition) is 6. The van der Waals surface area contributed by atoms with Crippen LogP contribution in [0.4, 0.5) is 0 Å². The number of aromatic nitrogens is 2. The summed E-state index contributed by atoms with van der Waals surface area (Å²) in [5.41, 5.74) is 0.699. The highest BCUT2D eigenvalue weighted by Crippen LogP contribution is 2.18. The van der Waals surface area contributed by atoms with Gasteiger partial charge >= 0.3 is 0 Å². The van der Waals surface area contributed by atoms with E-state index < -0.39 is 6.10 Å². The fourth-order valence-corrected chi connectivity index (χ4v) is 4.21. The Kier molecular flexibility index (Phi) is 5.84. The van der Waals surface area contributed by atoms with E-state index in [9.17, 15) is 9.59 Å². The Labute approximate surface area is 177 Å². The fraction of sp³-hybridized carbons (Fsp3) is 0.350. The summed E-state index contributed by atoms with van der Waals surface area (Å²) >= 11 is 7.32. The maximum absolute atomic E-state index is 12.7. The molecule has 29 heavy (non-hydrogen) atoms. The number of halogens is 1. The molecule has 0 saturated carbocycles. The predicted molar refractivity (Wildman–Crippen MR) is 113 cm³/mol. The number of amides is 1. The largest absolute Gasteiger partial charge is 0.481 e. The monoisotopic (exact) mass is 432 g/mol. The van der Waals surface area contributed by atoms with E-state index in [0.717, 1.165) is 18.8 Å². The molecule has 3 heterocycles. The Bertz CT molecular complexity index is 1060. The molecule has 1 amide bonds. The molecule has 0 N–H and O–H groups in total. The van der Waals surface area contributed by atoms with Crippen molar-refractivity contribution in [3.05, 3.63) is 63.0 Å². The van der Waals surface area contributed by atoms with Gasteiger partial charge in [-0.2, -0.15) is 0 Å². The summed E-state index contributed by atoms with van der Waals surface area (Å²) in [7, 11) is 0. The lowest BCUT2D eigenvalue weighted by atomic mass is 10.2. The van der Waals surface area contributed by atoms with Gasteiger partial charge in [-0.05, 0) is 31.2 Å². The summed E-state index contributed by atoms with van der Waals surface area (Å²) in [4.78, 5) is 34.1. The second-order valence-electron chi connectivity index (χ2n) is 6.96. The van der Waals surface area contributed by atoms with Crippen LogP contribution in [0.15, 0.2) is 46.7 Å². The summed E-state index contributed by atoms with van der Waals surface area (Å²) in [6.07, 6.45) is 1.17. The summed E-state index contributed by atoms with van der Waals surface area (Å²) in [6.45, 7) is 5.05. The molecule has 2 aromatic heterocycles. The number of nitrogens with zero attached hydrogens (tertiary/aromatic N) is 4. The van der Waals surface area contributed by atoms with Crippen molar-refractivity contribution < 1.29 is 9.53 Å². The average molecular weight is 433 g/mol. The second kappa shape index (κ2) is 8.52. The third-order valence-corrected chi connectivity index (χ3v) is 5.91. The van der Waals surface area contributed by atoms with Gasteiger partial charge in [0.15, 0.2) is 11.1 Å². The van der Waals surface area contributed by atoms with Crippen LogP contribution in [0.5, 0.6) is 5.75 Å². The number of hydrogen-bond donors (Lipinski definition) is 0. The molecule has 1 fully saturated rings. The van der Waals surface area contributed by atoms with E-state index in [1.165, 1.54) is 11.3 Å². The first-order valence-corrected chi connectivity index (χ1v) is 10.6. The van der Waals surface area contributed by atoms with Crippen LogP contribution in [0.2, 0.25) is 5.02 Å². The van der Waals surface area contributed by atoms with E-state index in [4.69, 9.17) is 16.3 Å². The van der Waals surface area contributed by atoms with Crippen molar-refractivity contribution in [1.29, 1.82) is 0 Å². The third-order valence-electron chi connectivity index (χ3n) is 4.90.